The number of carbonyl (C=O) groups is 1. The molecule has 3 atom stereocenters. The minimum atomic E-state index is -4.96. The molecule has 1 aromatic heterocycles. The van der Waals surface area contributed by atoms with E-state index in [-0.39, 0.29) is 29.8 Å². The van der Waals surface area contributed by atoms with E-state index in [1.54, 1.807) is 6.07 Å². The largest absolute Gasteiger partial charge is 0.459 e. The first-order valence-corrected chi connectivity index (χ1v) is 12.9. The summed E-state index contributed by atoms with van der Waals surface area (Å²) in [6.07, 6.45) is -4.18. The highest BCUT2D eigenvalue weighted by molar-refractivity contribution is 5.98. The molecule has 1 saturated carbocycles. The van der Waals surface area contributed by atoms with E-state index in [2.05, 4.69) is 10.5 Å². The van der Waals surface area contributed by atoms with E-state index >= 15 is 4.39 Å². The Kier molecular flexibility index (Phi) is 7.91. The number of rotatable bonds is 9. The quantitative estimate of drug-likeness (QED) is 0.304. The Hall–Kier alpha value is -4.31. The first-order valence-electron chi connectivity index (χ1n) is 12.9. The van der Waals surface area contributed by atoms with Crippen LogP contribution in [0.25, 0.3) is 16.9 Å². The number of carbonyl (C=O) groups excluding carboxylic acids is 1. The Bertz CT molecular complexity index is 1530. The van der Waals surface area contributed by atoms with Crippen molar-refractivity contribution in [1.82, 2.24) is 25.1 Å². The Balaban J connectivity index is 1.81. The van der Waals surface area contributed by atoms with Crippen LogP contribution in [0.5, 0.6) is 0 Å². The smallest absolute Gasteiger partial charge is 0.417 e. The van der Waals surface area contributed by atoms with Gasteiger partial charge in [-0.2, -0.15) is 28.8 Å². The molecule has 16 heteroatoms. The molecule has 3 unspecified atom stereocenters. The number of nitrogens with zero attached hydrogens (tertiary/aromatic N) is 6. The molecule has 1 N–H and O–H groups in total. The molecule has 2 aliphatic rings. The number of amides is 1. The molecule has 1 aliphatic carbocycles. The van der Waals surface area contributed by atoms with Crippen molar-refractivity contribution >= 4 is 11.7 Å². The summed E-state index contributed by atoms with van der Waals surface area (Å²) < 4.78 is 106. The van der Waals surface area contributed by atoms with E-state index in [1.165, 1.54) is 19.4 Å². The van der Waals surface area contributed by atoms with Crippen LogP contribution in [0.15, 0.2) is 36.4 Å². The monoisotopic (exact) mass is 613 g/mol. The Labute approximate surface area is 241 Å². The van der Waals surface area contributed by atoms with E-state index in [9.17, 15) is 41.7 Å². The zero-order chi connectivity index (χ0) is 32.1. The second-order valence-corrected chi connectivity index (χ2v) is 10.6. The van der Waals surface area contributed by atoms with Crippen LogP contribution in [0.1, 0.15) is 49.5 Å². The summed E-state index contributed by atoms with van der Waals surface area (Å²) >= 11 is 0. The minimum absolute atomic E-state index is 0.0591. The zero-order valence-corrected chi connectivity index (χ0v) is 23.3. The second kappa shape index (κ2) is 10.8. The second-order valence-electron chi connectivity index (χ2n) is 10.6. The molecule has 2 aromatic rings. The van der Waals surface area contributed by atoms with Crippen molar-refractivity contribution in [2.75, 3.05) is 13.6 Å². The van der Waals surface area contributed by atoms with Gasteiger partial charge in [0.15, 0.2) is 17.2 Å². The predicted molar refractivity (Wildman–Crippen MR) is 137 cm³/mol. The first-order chi connectivity index (χ1) is 19.9. The lowest BCUT2D eigenvalue weighted by Crippen LogP contribution is -2.56. The third-order valence-electron chi connectivity index (χ3n) is 7.42. The number of hydrazine groups is 1. The number of ether oxygens (including phenoxy) is 1. The van der Waals surface area contributed by atoms with Crippen LogP contribution >= 0.6 is 0 Å². The van der Waals surface area contributed by atoms with Crippen LogP contribution in [-0.2, 0) is 10.9 Å². The van der Waals surface area contributed by atoms with Crippen molar-refractivity contribution in [3.05, 3.63) is 47.5 Å². The maximum absolute atomic E-state index is 15.4. The van der Waals surface area contributed by atoms with Crippen molar-refractivity contribution in [1.29, 1.82) is 10.5 Å². The van der Waals surface area contributed by atoms with Crippen LogP contribution in [-0.4, -0.2) is 68.7 Å². The lowest BCUT2D eigenvalue weighted by atomic mass is 9.91. The molecule has 0 saturated heterocycles. The van der Waals surface area contributed by atoms with E-state index in [1.807, 2.05) is 6.07 Å². The predicted octanol–water partition coefficient (Wildman–Crippen LogP) is 5.25. The number of hydrogen-bond donors (Lipinski definition) is 1. The van der Waals surface area contributed by atoms with Crippen molar-refractivity contribution in [2.45, 2.75) is 69.3 Å². The minimum Gasteiger partial charge on any atom is -0.459 e. The summed E-state index contributed by atoms with van der Waals surface area (Å²) in [4.78, 5) is 14.2. The molecule has 1 aliphatic heterocycles. The van der Waals surface area contributed by atoms with Gasteiger partial charge in [-0.15, -0.1) is 0 Å². The van der Waals surface area contributed by atoms with Gasteiger partial charge in [-0.05, 0) is 37.5 Å². The highest BCUT2D eigenvalue weighted by Crippen LogP contribution is 2.44. The molecule has 1 amide bonds. The van der Waals surface area contributed by atoms with Gasteiger partial charge in [0.1, 0.15) is 18.1 Å². The fourth-order valence-corrected chi connectivity index (χ4v) is 4.72. The van der Waals surface area contributed by atoms with Crippen LogP contribution in [0, 0.1) is 22.7 Å². The van der Waals surface area contributed by atoms with Crippen LogP contribution < -0.4 is 5.43 Å². The Morgan fingerprint density at radius 3 is 2.37 bits per heavy atom. The summed E-state index contributed by atoms with van der Waals surface area (Å²) in [5.74, 6) is -5.78. The van der Waals surface area contributed by atoms with Gasteiger partial charge in [0.05, 0.1) is 29.5 Å². The Morgan fingerprint density at radius 1 is 1.21 bits per heavy atom. The fourth-order valence-electron chi connectivity index (χ4n) is 4.72. The van der Waals surface area contributed by atoms with Crippen molar-refractivity contribution < 1.29 is 40.3 Å². The maximum atomic E-state index is 15.4. The molecule has 1 aromatic carbocycles. The van der Waals surface area contributed by atoms with Crippen molar-refractivity contribution in [3.63, 3.8) is 0 Å². The van der Waals surface area contributed by atoms with Crippen LogP contribution in [0.3, 0.4) is 0 Å². The summed E-state index contributed by atoms with van der Waals surface area (Å²) in [6, 6.07) is 4.45. The van der Waals surface area contributed by atoms with Gasteiger partial charge in [0.2, 0.25) is 6.36 Å². The first kappa shape index (κ1) is 31.6. The third kappa shape index (κ3) is 5.71. The zero-order valence-electron chi connectivity index (χ0n) is 23.3. The van der Waals surface area contributed by atoms with Gasteiger partial charge in [0.25, 0.3) is 11.8 Å². The van der Waals surface area contributed by atoms with E-state index in [0.29, 0.717) is 19.9 Å². The molecular weight excluding hydrogens is 587 g/mol. The van der Waals surface area contributed by atoms with Crippen molar-refractivity contribution in [3.8, 4) is 23.3 Å². The highest BCUT2D eigenvalue weighted by Gasteiger charge is 2.58. The summed E-state index contributed by atoms with van der Waals surface area (Å²) in [5.41, 5.74) is -4.06. The number of nitrogens with one attached hydrogen (secondary N) is 1. The molecule has 43 heavy (non-hydrogen) atoms. The lowest BCUT2D eigenvalue weighted by molar-refractivity contribution is -0.138. The molecule has 0 spiro atoms. The average molecular weight is 614 g/mol. The molecule has 0 radical (unpaired) electrons. The number of alkyl halides is 7. The number of aromatic nitrogens is 2. The van der Waals surface area contributed by atoms with Gasteiger partial charge < -0.3 is 9.64 Å². The normalized spacial score (nSPS) is 20.2. The SMILES string of the molecule is CC(F)OC1=C(n2cc(-c3ccc(C(F)(F)F)c(C(=O)N(CC#N)C4(C#N)CC4)c3)cn2)N(C)NC1C(C)(F)C(C)(F)F. The standard InChI is InChI=1S/C27H26F7N7O2/c1-15(28)43-20-21(24(2,29)25(3,30)31)38-39(4)22(20)41-13-17(12-37-41)16-5-6-19(27(32,33)34)18(11-16)23(42)40(10-9-35)26(14-36)7-8-26/h5-6,11-13,15,21,38H,7-8,10H2,1-4H3. The molecule has 230 valence electrons. The average Bonchev–Trinajstić information content (AvgIpc) is 3.43. The number of nitriles is 2. The van der Waals surface area contributed by atoms with Gasteiger partial charge in [-0.25, -0.2) is 27.7 Å². The number of benzene rings is 1. The van der Waals surface area contributed by atoms with E-state index in [0.717, 1.165) is 33.6 Å². The Morgan fingerprint density at radius 2 is 1.86 bits per heavy atom. The van der Waals surface area contributed by atoms with E-state index in [4.69, 9.17) is 4.74 Å². The van der Waals surface area contributed by atoms with Crippen LogP contribution in [0.4, 0.5) is 30.7 Å². The third-order valence-corrected chi connectivity index (χ3v) is 7.42. The molecule has 1 fully saturated rings. The van der Waals surface area contributed by atoms with Gasteiger partial charge in [0, 0.05) is 32.7 Å². The summed E-state index contributed by atoms with van der Waals surface area (Å²) in [6.45, 7) is 1.33. The van der Waals surface area contributed by atoms with Crippen LogP contribution in [0.2, 0.25) is 0 Å². The summed E-state index contributed by atoms with van der Waals surface area (Å²) in [7, 11) is 1.31. The highest BCUT2D eigenvalue weighted by atomic mass is 19.4. The topological polar surface area (TPSA) is 110 Å². The molecule has 0 bridgehead atoms. The maximum Gasteiger partial charge on any atom is 0.417 e. The molecule has 4 rings (SSSR count). The van der Waals surface area contributed by atoms with Gasteiger partial charge >= 0.3 is 6.18 Å². The fraction of sp³-hybridized carbons (Fsp3) is 0.481. The molecular formula is C27H26F7N7O2. The van der Waals surface area contributed by atoms with Gasteiger partial charge in [-0.3, -0.25) is 9.80 Å². The number of halogens is 7. The molecule has 9 nitrogen and oxygen atoms in total. The van der Waals surface area contributed by atoms with Crippen molar-refractivity contribution in [2.24, 2.45) is 0 Å². The lowest BCUT2D eigenvalue weighted by Gasteiger charge is -2.33. The number of hydrogen-bond acceptors (Lipinski definition) is 7. The van der Waals surface area contributed by atoms with Gasteiger partial charge in [-0.1, -0.05) is 6.07 Å². The van der Waals surface area contributed by atoms with E-state index < -0.39 is 65.0 Å². The summed E-state index contributed by atoms with van der Waals surface area (Å²) in [5, 5.41) is 23.9. The molecule has 2 heterocycles.